The fourth-order valence-electron chi connectivity index (χ4n) is 6.53. The van der Waals surface area contributed by atoms with E-state index in [1.807, 2.05) is 11.3 Å². The van der Waals surface area contributed by atoms with Crippen molar-refractivity contribution in [3.8, 4) is 5.69 Å². The second-order valence-corrected chi connectivity index (χ2v) is 11.2. The first-order valence-corrected chi connectivity index (χ1v) is 13.9. The molecule has 0 saturated heterocycles. The van der Waals surface area contributed by atoms with Crippen LogP contribution in [0.1, 0.15) is 0 Å². The zero-order chi connectivity index (χ0) is 24.8. The van der Waals surface area contributed by atoms with Crippen molar-refractivity contribution in [2.24, 2.45) is 0 Å². The molecule has 0 unspecified atom stereocenters. The summed E-state index contributed by atoms with van der Waals surface area (Å²) in [5.41, 5.74) is 3.75. The van der Waals surface area contributed by atoms with Crippen LogP contribution in [0.15, 0.2) is 127 Å². The van der Waals surface area contributed by atoms with Crippen LogP contribution in [-0.2, 0) is 0 Å². The predicted molar refractivity (Wildman–Crippen MR) is 166 cm³/mol. The summed E-state index contributed by atoms with van der Waals surface area (Å²) < 4.78 is 5.21. The molecule has 0 fully saturated rings. The molecular weight excluding hydrogens is 478 g/mol. The van der Waals surface area contributed by atoms with Crippen molar-refractivity contribution in [3.05, 3.63) is 127 Å². The molecule has 1 nitrogen and oxygen atoms in total. The number of hydrogen-bond acceptors (Lipinski definition) is 1. The van der Waals surface area contributed by atoms with Gasteiger partial charge in [-0.15, -0.1) is 11.3 Å². The highest BCUT2D eigenvalue weighted by Crippen LogP contribution is 2.47. The Morgan fingerprint density at radius 3 is 2.00 bits per heavy atom. The highest BCUT2D eigenvalue weighted by Gasteiger charge is 2.21. The quantitative estimate of drug-likeness (QED) is 0.198. The zero-order valence-electron chi connectivity index (χ0n) is 20.5. The molecule has 0 aliphatic heterocycles. The molecular formula is C36H21NS. The van der Waals surface area contributed by atoms with Gasteiger partial charge < -0.3 is 4.57 Å². The SMILES string of the molecule is c1ccc2c(c1)ccc1cc(-n3c4ccccc4c4c5ccccc5c5sc6ccccc6c5c43)ccc12. The van der Waals surface area contributed by atoms with Crippen LogP contribution in [0.3, 0.4) is 0 Å². The number of benzene rings is 7. The van der Waals surface area contributed by atoms with Crippen LogP contribution in [-0.4, -0.2) is 4.57 Å². The van der Waals surface area contributed by atoms with Crippen LogP contribution < -0.4 is 0 Å². The maximum absolute atomic E-state index is 2.51. The third-order valence-corrected chi connectivity index (χ3v) is 9.34. The number of thiophene rings is 1. The van der Waals surface area contributed by atoms with Gasteiger partial charge in [-0.3, -0.25) is 0 Å². The maximum Gasteiger partial charge on any atom is 0.0640 e. The van der Waals surface area contributed by atoms with E-state index in [2.05, 4.69) is 132 Å². The summed E-state index contributed by atoms with van der Waals surface area (Å²) in [6, 6.07) is 46.8. The van der Waals surface area contributed by atoms with Crippen LogP contribution in [0.25, 0.3) is 80.0 Å². The predicted octanol–water partition coefficient (Wildman–Crippen LogP) is 10.6. The molecule has 0 atom stereocenters. The molecule has 2 heterocycles. The molecule has 0 aliphatic carbocycles. The molecule has 0 bridgehead atoms. The highest BCUT2D eigenvalue weighted by molar-refractivity contribution is 7.27. The second-order valence-electron chi connectivity index (χ2n) is 10.1. The fourth-order valence-corrected chi connectivity index (χ4v) is 7.77. The number of para-hydroxylation sites is 1. The van der Waals surface area contributed by atoms with Gasteiger partial charge in [-0.05, 0) is 51.2 Å². The molecule has 2 aromatic heterocycles. The van der Waals surface area contributed by atoms with Crippen LogP contribution >= 0.6 is 11.3 Å². The average Bonchev–Trinajstić information content (AvgIpc) is 3.53. The Labute approximate surface area is 222 Å². The van der Waals surface area contributed by atoms with E-state index in [1.54, 1.807) is 0 Å². The van der Waals surface area contributed by atoms with Gasteiger partial charge >= 0.3 is 0 Å². The van der Waals surface area contributed by atoms with Gasteiger partial charge in [0.25, 0.3) is 0 Å². The van der Waals surface area contributed by atoms with Crippen molar-refractivity contribution >= 4 is 85.6 Å². The van der Waals surface area contributed by atoms with Crippen molar-refractivity contribution in [3.63, 3.8) is 0 Å². The van der Waals surface area contributed by atoms with E-state index >= 15 is 0 Å². The fraction of sp³-hybridized carbons (Fsp3) is 0. The minimum absolute atomic E-state index is 1.20. The van der Waals surface area contributed by atoms with E-state index in [-0.39, 0.29) is 0 Å². The Bertz CT molecular complexity index is 2400. The van der Waals surface area contributed by atoms with Gasteiger partial charge in [0.2, 0.25) is 0 Å². The summed E-state index contributed by atoms with van der Waals surface area (Å²) in [6.45, 7) is 0. The summed E-state index contributed by atoms with van der Waals surface area (Å²) >= 11 is 1.91. The Morgan fingerprint density at radius 1 is 0.447 bits per heavy atom. The van der Waals surface area contributed by atoms with Crippen LogP contribution in [0.5, 0.6) is 0 Å². The summed E-state index contributed by atoms with van der Waals surface area (Å²) in [5, 5.41) is 13.1. The largest absolute Gasteiger partial charge is 0.309 e. The van der Waals surface area contributed by atoms with Gasteiger partial charge in [0.05, 0.1) is 11.0 Å². The molecule has 0 N–H and O–H groups in total. The average molecular weight is 500 g/mol. The molecule has 9 aromatic rings. The minimum atomic E-state index is 1.20. The van der Waals surface area contributed by atoms with E-state index in [9.17, 15) is 0 Å². The minimum Gasteiger partial charge on any atom is -0.309 e. The Kier molecular flexibility index (Phi) is 3.99. The number of rotatable bonds is 1. The van der Waals surface area contributed by atoms with Gasteiger partial charge in [-0.2, -0.15) is 0 Å². The van der Waals surface area contributed by atoms with Gasteiger partial charge in [0.1, 0.15) is 0 Å². The van der Waals surface area contributed by atoms with Crippen molar-refractivity contribution in [1.29, 1.82) is 0 Å². The van der Waals surface area contributed by atoms with E-state index in [0.717, 1.165) is 0 Å². The van der Waals surface area contributed by atoms with Crippen LogP contribution in [0.4, 0.5) is 0 Å². The molecule has 0 aliphatic rings. The molecule has 7 aromatic carbocycles. The van der Waals surface area contributed by atoms with Crippen LogP contribution in [0.2, 0.25) is 0 Å². The molecule has 0 amide bonds. The third kappa shape index (κ3) is 2.60. The highest BCUT2D eigenvalue weighted by atomic mass is 32.1. The van der Waals surface area contributed by atoms with E-state index in [1.165, 1.54) is 80.0 Å². The van der Waals surface area contributed by atoms with Crippen LogP contribution in [0, 0.1) is 0 Å². The molecule has 9 rings (SSSR count). The number of nitrogens with zero attached hydrogens (tertiary/aromatic N) is 1. The lowest BCUT2D eigenvalue weighted by Gasteiger charge is -2.12. The van der Waals surface area contributed by atoms with Gasteiger partial charge in [-0.1, -0.05) is 103 Å². The van der Waals surface area contributed by atoms with E-state index in [0.29, 0.717) is 0 Å². The summed E-state index contributed by atoms with van der Waals surface area (Å²) in [4.78, 5) is 0. The Balaban J connectivity index is 1.53. The zero-order valence-corrected chi connectivity index (χ0v) is 21.3. The molecule has 38 heavy (non-hydrogen) atoms. The van der Waals surface area contributed by atoms with Gasteiger partial charge in [-0.25, -0.2) is 0 Å². The van der Waals surface area contributed by atoms with E-state index < -0.39 is 0 Å². The second kappa shape index (κ2) is 7.44. The monoisotopic (exact) mass is 499 g/mol. The summed E-state index contributed by atoms with van der Waals surface area (Å²) in [6.07, 6.45) is 0. The van der Waals surface area contributed by atoms with Gasteiger partial charge in [0, 0.05) is 42.0 Å². The summed E-state index contributed by atoms with van der Waals surface area (Å²) in [7, 11) is 0. The lowest BCUT2D eigenvalue weighted by atomic mass is 9.99. The molecule has 0 saturated carbocycles. The lowest BCUT2D eigenvalue weighted by molar-refractivity contribution is 1.19. The number of fused-ring (bicyclic) bond motifs is 13. The normalized spacial score (nSPS) is 12.2. The molecule has 176 valence electrons. The molecule has 2 heteroatoms. The lowest BCUT2D eigenvalue weighted by Crippen LogP contribution is -1.94. The van der Waals surface area contributed by atoms with Crippen molar-refractivity contribution < 1.29 is 0 Å². The van der Waals surface area contributed by atoms with Crippen molar-refractivity contribution in [1.82, 2.24) is 4.57 Å². The topological polar surface area (TPSA) is 4.93 Å². The molecule has 0 spiro atoms. The smallest absolute Gasteiger partial charge is 0.0640 e. The first-order chi connectivity index (χ1) is 18.9. The first-order valence-electron chi connectivity index (χ1n) is 13.0. The maximum atomic E-state index is 2.51. The Hall–Kier alpha value is -4.66. The third-order valence-electron chi connectivity index (χ3n) is 8.13. The van der Waals surface area contributed by atoms with E-state index in [4.69, 9.17) is 0 Å². The number of aromatic nitrogens is 1. The van der Waals surface area contributed by atoms with Crippen molar-refractivity contribution in [2.75, 3.05) is 0 Å². The molecule has 0 radical (unpaired) electrons. The van der Waals surface area contributed by atoms with Gasteiger partial charge in [0.15, 0.2) is 0 Å². The first kappa shape index (κ1) is 20.4. The Morgan fingerprint density at radius 2 is 1.11 bits per heavy atom. The summed E-state index contributed by atoms with van der Waals surface area (Å²) in [5.74, 6) is 0. The standard InChI is InChI=1S/C36H21NS/c1-2-10-25-22(9-1)17-18-23-21-24(19-20-26(23)25)37-31-15-7-5-13-29(31)33-27-11-3-4-12-28(27)36-34(35(33)37)30-14-6-8-16-32(30)38-36/h1-21H. The number of hydrogen-bond donors (Lipinski definition) is 0. The van der Waals surface area contributed by atoms with Crippen molar-refractivity contribution in [2.45, 2.75) is 0 Å².